The first-order chi connectivity index (χ1) is 19.2. The largest absolute Gasteiger partial charge is 0.497 e. The van der Waals surface area contributed by atoms with Crippen molar-refractivity contribution in [1.82, 2.24) is 5.43 Å². The lowest BCUT2D eigenvalue weighted by atomic mass is 10.2. The van der Waals surface area contributed by atoms with E-state index in [4.69, 9.17) is 18.9 Å². The number of rotatable bonds is 14. The lowest BCUT2D eigenvalue weighted by Crippen LogP contribution is -2.39. The van der Waals surface area contributed by atoms with Crippen molar-refractivity contribution in [3.05, 3.63) is 71.8 Å². The van der Waals surface area contributed by atoms with Gasteiger partial charge in [-0.25, -0.2) is 13.8 Å². The van der Waals surface area contributed by atoms with Crippen LogP contribution in [0.15, 0.2) is 70.7 Å². The molecule has 0 aliphatic carbocycles. The highest BCUT2D eigenvalue weighted by Gasteiger charge is 2.29. The van der Waals surface area contributed by atoms with Gasteiger partial charge in [0.1, 0.15) is 18.0 Å². The molecule has 3 aromatic carbocycles. The van der Waals surface area contributed by atoms with E-state index >= 15 is 0 Å². The zero-order valence-electron chi connectivity index (χ0n) is 23.3. The molecule has 0 unspecified atom stereocenters. The molecule has 0 aliphatic rings. The molecule has 0 bridgehead atoms. The van der Waals surface area contributed by atoms with Crippen LogP contribution >= 0.6 is 0 Å². The average molecular weight is 570 g/mol. The number of aryl methyl sites for hydroxylation is 1. The molecule has 0 spiro atoms. The molecular weight excluding hydrogens is 534 g/mol. The fourth-order valence-corrected chi connectivity index (χ4v) is 5.11. The summed E-state index contributed by atoms with van der Waals surface area (Å²) < 4.78 is 50.4. The smallest absolute Gasteiger partial charge is 0.264 e. The van der Waals surface area contributed by atoms with Crippen LogP contribution in [-0.4, -0.2) is 54.5 Å². The van der Waals surface area contributed by atoms with Crippen molar-refractivity contribution < 1.29 is 32.2 Å². The lowest BCUT2D eigenvalue weighted by molar-refractivity contribution is -0.119. The van der Waals surface area contributed by atoms with Crippen molar-refractivity contribution in [3.63, 3.8) is 0 Å². The molecule has 1 amide bonds. The SMILES string of the molecule is CCCOc1ccc(/C=N\NC(=O)CN(c2ccc(OC)cc2OC)S(=O)(=O)c2ccc(C)cc2)cc1OCC. The van der Waals surface area contributed by atoms with Crippen molar-refractivity contribution in [3.8, 4) is 23.0 Å². The van der Waals surface area contributed by atoms with E-state index in [0.717, 1.165) is 16.3 Å². The first-order valence-electron chi connectivity index (χ1n) is 12.8. The normalized spacial score (nSPS) is 11.2. The first-order valence-corrected chi connectivity index (χ1v) is 14.2. The highest BCUT2D eigenvalue weighted by Crippen LogP contribution is 2.35. The van der Waals surface area contributed by atoms with Crippen molar-refractivity contribution >= 4 is 27.8 Å². The molecule has 1 N–H and O–H groups in total. The second kappa shape index (κ2) is 14.2. The van der Waals surface area contributed by atoms with Crippen molar-refractivity contribution in [2.45, 2.75) is 32.1 Å². The highest BCUT2D eigenvalue weighted by atomic mass is 32.2. The second-order valence-electron chi connectivity index (χ2n) is 8.64. The van der Waals surface area contributed by atoms with Gasteiger partial charge in [-0.15, -0.1) is 0 Å². The van der Waals surface area contributed by atoms with E-state index in [1.54, 1.807) is 42.5 Å². The number of methoxy groups -OCH3 is 2. The Labute approximate surface area is 235 Å². The third-order valence-corrected chi connectivity index (χ3v) is 7.46. The summed E-state index contributed by atoms with van der Waals surface area (Å²) in [5.74, 6) is 1.22. The van der Waals surface area contributed by atoms with Crippen molar-refractivity contribution in [2.75, 3.05) is 38.3 Å². The number of anilines is 1. The van der Waals surface area contributed by atoms with E-state index in [1.807, 2.05) is 20.8 Å². The highest BCUT2D eigenvalue weighted by molar-refractivity contribution is 7.92. The fourth-order valence-electron chi connectivity index (χ4n) is 3.68. The quantitative estimate of drug-likeness (QED) is 0.224. The van der Waals surface area contributed by atoms with Gasteiger partial charge in [-0.1, -0.05) is 24.6 Å². The number of amides is 1. The summed E-state index contributed by atoms with van der Waals surface area (Å²) >= 11 is 0. The van der Waals surface area contributed by atoms with Gasteiger partial charge in [-0.3, -0.25) is 9.10 Å². The zero-order valence-corrected chi connectivity index (χ0v) is 24.2. The van der Waals surface area contributed by atoms with Crippen LogP contribution in [0.5, 0.6) is 23.0 Å². The van der Waals surface area contributed by atoms with Gasteiger partial charge in [0.05, 0.1) is 44.2 Å². The van der Waals surface area contributed by atoms with Gasteiger partial charge in [-0.2, -0.15) is 5.10 Å². The lowest BCUT2D eigenvalue weighted by Gasteiger charge is -2.25. The predicted octanol–water partition coefficient (Wildman–Crippen LogP) is 4.55. The van der Waals surface area contributed by atoms with Crippen LogP contribution in [0.1, 0.15) is 31.4 Å². The molecule has 3 aromatic rings. The van der Waals surface area contributed by atoms with Crippen LogP contribution in [0.3, 0.4) is 0 Å². The maximum Gasteiger partial charge on any atom is 0.264 e. The molecular formula is C29H35N3O7S. The summed E-state index contributed by atoms with van der Waals surface area (Å²) in [7, 11) is -1.25. The third-order valence-electron chi connectivity index (χ3n) is 5.68. The van der Waals surface area contributed by atoms with Gasteiger partial charge in [0.15, 0.2) is 11.5 Å². The Morgan fingerprint density at radius 2 is 1.68 bits per heavy atom. The molecule has 0 radical (unpaired) electrons. The van der Waals surface area contributed by atoms with Crippen LogP contribution in [0.4, 0.5) is 5.69 Å². The molecule has 40 heavy (non-hydrogen) atoms. The third kappa shape index (κ3) is 7.66. The zero-order chi connectivity index (χ0) is 29.1. The molecule has 0 aromatic heterocycles. The standard InChI is InChI=1S/C29H35N3O7S/c1-6-16-39-26-15-10-22(17-28(26)38-7-2)19-30-31-29(33)20-32(25-14-11-23(36-4)18-27(25)37-5)40(34,35)24-12-8-21(3)9-13-24/h8-15,17-19H,6-7,16,20H2,1-5H3,(H,31,33)/b30-19-. The number of carbonyl (C=O) groups excluding carboxylic acids is 1. The molecule has 0 heterocycles. The van der Waals surface area contributed by atoms with Crippen LogP contribution in [-0.2, 0) is 14.8 Å². The van der Waals surface area contributed by atoms with Gasteiger partial charge >= 0.3 is 0 Å². The Morgan fingerprint density at radius 1 is 0.925 bits per heavy atom. The minimum Gasteiger partial charge on any atom is -0.497 e. The van der Waals surface area contributed by atoms with E-state index in [2.05, 4.69) is 10.5 Å². The molecule has 214 valence electrons. The molecule has 0 aliphatic heterocycles. The number of benzene rings is 3. The number of sulfonamides is 1. The number of ether oxygens (including phenoxy) is 4. The number of nitrogens with zero attached hydrogens (tertiary/aromatic N) is 2. The van der Waals surface area contributed by atoms with E-state index in [1.165, 1.54) is 38.6 Å². The summed E-state index contributed by atoms with van der Waals surface area (Å²) in [6.45, 7) is 6.21. The van der Waals surface area contributed by atoms with E-state index in [9.17, 15) is 13.2 Å². The number of hydrazone groups is 1. The van der Waals surface area contributed by atoms with Gasteiger partial charge in [-0.05, 0) is 68.3 Å². The van der Waals surface area contributed by atoms with Gasteiger partial charge in [0.25, 0.3) is 15.9 Å². The minimum absolute atomic E-state index is 0.0288. The fraction of sp³-hybridized carbons (Fsp3) is 0.310. The molecule has 0 fully saturated rings. The average Bonchev–Trinajstić information content (AvgIpc) is 2.95. The van der Waals surface area contributed by atoms with Crippen LogP contribution in [0.2, 0.25) is 0 Å². The second-order valence-corrected chi connectivity index (χ2v) is 10.5. The number of carbonyl (C=O) groups is 1. The van der Waals surface area contributed by atoms with Crippen molar-refractivity contribution in [2.24, 2.45) is 5.10 Å². The predicted molar refractivity (Wildman–Crippen MR) is 154 cm³/mol. The number of hydrogen-bond acceptors (Lipinski definition) is 8. The Kier molecular flexibility index (Phi) is 10.8. The molecule has 0 saturated heterocycles. The summed E-state index contributed by atoms with van der Waals surface area (Å²) in [5.41, 5.74) is 4.15. The summed E-state index contributed by atoms with van der Waals surface area (Å²) in [6, 6.07) is 16.3. The minimum atomic E-state index is -4.15. The van der Waals surface area contributed by atoms with E-state index in [0.29, 0.717) is 36.0 Å². The number of hydrogen-bond donors (Lipinski definition) is 1. The van der Waals surface area contributed by atoms with Gasteiger partial charge in [0.2, 0.25) is 0 Å². The van der Waals surface area contributed by atoms with Gasteiger partial charge in [0, 0.05) is 6.07 Å². The monoisotopic (exact) mass is 569 g/mol. The molecule has 3 rings (SSSR count). The van der Waals surface area contributed by atoms with Crippen molar-refractivity contribution in [1.29, 1.82) is 0 Å². The Hall–Kier alpha value is -4.25. The summed E-state index contributed by atoms with van der Waals surface area (Å²) in [5, 5.41) is 4.02. The number of nitrogens with one attached hydrogen (secondary N) is 1. The molecule has 11 heteroatoms. The van der Waals surface area contributed by atoms with E-state index < -0.39 is 22.5 Å². The van der Waals surface area contributed by atoms with Gasteiger partial charge < -0.3 is 18.9 Å². The molecule has 10 nitrogen and oxygen atoms in total. The Balaban J connectivity index is 1.86. The summed E-state index contributed by atoms with van der Waals surface area (Å²) in [4.78, 5) is 13.0. The Morgan fingerprint density at radius 3 is 2.33 bits per heavy atom. The van der Waals surface area contributed by atoms with Crippen LogP contribution in [0, 0.1) is 6.92 Å². The van der Waals surface area contributed by atoms with Crippen LogP contribution < -0.4 is 28.7 Å². The molecule has 0 atom stereocenters. The molecule has 0 saturated carbocycles. The maximum absolute atomic E-state index is 13.7. The van der Waals surface area contributed by atoms with E-state index in [-0.39, 0.29) is 16.3 Å². The summed E-state index contributed by atoms with van der Waals surface area (Å²) in [6.07, 6.45) is 2.30. The van der Waals surface area contributed by atoms with Crippen LogP contribution in [0.25, 0.3) is 0 Å². The maximum atomic E-state index is 13.7. The topological polar surface area (TPSA) is 116 Å². The Bertz CT molecular complexity index is 1420. The first kappa shape index (κ1) is 30.3.